The van der Waals surface area contributed by atoms with Crippen molar-refractivity contribution in [3.63, 3.8) is 0 Å². The van der Waals surface area contributed by atoms with Crippen molar-refractivity contribution in [3.8, 4) is 0 Å². The number of benzene rings is 1. The lowest BCUT2D eigenvalue weighted by Crippen LogP contribution is -2.30. The van der Waals surface area contributed by atoms with E-state index in [1.165, 1.54) is 0 Å². The van der Waals surface area contributed by atoms with Crippen molar-refractivity contribution in [2.24, 2.45) is 0 Å². The number of carbonyl (C=O) groups excluding carboxylic acids is 1. The molecule has 4 heteroatoms. The Bertz CT molecular complexity index is 339. The molecule has 2 rings (SSSR count). The Morgan fingerprint density at radius 3 is 2.67 bits per heavy atom. The van der Waals surface area contributed by atoms with Gasteiger partial charge in [-0.15, -0.1) is 0 Å². The summed E-state index contributed by atoms with van der Waals surface area (Å²) >= 11 is 2.21. The summed E-state index contributed by atoms with van der Waals surface area (Å²) in [6.45, 7) is 0. The van der Waals surface area contributed by atoms with Gasteiger partial charge in [0.25, 0.3) is 0 Å². The summed E-state index contributed by atoms with van der Waals surface area (Å²) in [4.78, 5) is 11.2. The van der Waals surface area contributed by atoms with E-state index in [2.05, 4.69) is 22.6 Å². The molecule has 0 amide bonds. The molecule has 1 fully saturated rings. The number of halogens is 1. The smallest absolute Gasteiger partial charge is 0.430 e. The van der Waals surface area contributed by atoms with Crippen molar-refractivity contribution in [3.05, 3.63) is 35.9 Å². The lowest BCUT2D eigenvalue weighted by Gasteiger charge is -2.28. The molecule has 0 unspecified atom stereocenters. The Hall–Kier alpha value is -0.780. The second kappa shape index (κ2) is 4.83. The van der Waals surface area contributed by atoms with Gasteiger partial charge in [0.1, 0.15) is 12.2 Å². The van der Waals surface area contributed by atoms with Crippen LogP contribution in [-0.4, -0.2) is 16.7 Å². The van der Waals surface area contributed by atoms with Gasteiger partial charge in [-0.2, -0.15) is 0 Å². The van der Waals surface area contributed by atoms with Crippen LogP contribution in [0, 0.1) is 0 Å². The predicted molar refractivity (Wildman–Crippen MR) is 64.0 cm³/mol. The van der Waals surface area contributed by atoms with E-state index in [-0.39, 0.29) is 12.2 Å². The zero-order valence-electron chi connectivity index (χ0n) is 8.06. The van der Waals surface area contributed by atoms with E-state index in [0.29, 0.717) is 0 Å². The molecule has 2 atom stereocenters. The second-order valence-corrected chi connectivity index (χ2v) is 4.28. The number of rotatable bonds is 2. The molecular weight excluding hydrogens is 307 g/mol. The fourth-order valence-corrected chi connectivity index (χ4v) is 2.12. The molecule has 1 aromatic carbocycles. The summed E-state index contributed by atoms with van der Waals surface area (Å²) in [5.41, 5.74) is 1.03. The molecule has 0 aliphatic carbocycles. The van der Waals surface area contributed by atoms with Gasteiger partial charge in [-0.05, 0) is 5.56 Å². The van der Waals surface area contributed by atoms with Crippen LogP contribution < -0.4 is 0 Å². The van der Waals surface area contributed by atoms with Gasteiger partial charge in [0.2, 0.25) is 0 Å². The lowest BCUT2D eigenvalue weighted by atomic mass is 10.0. The van der Waals surface area contributed by atoms with Crippen LogP contribution in [-0.2, 0) is 9.47 Å². The van der Waals surface area contributed by atoms with Crippen LogP contribution in [0.15, 0.2) is 30.3 Å². The average Bonchev–Trinajstić information content (AvgIpc) is 2.29. The Morgan fingerprint density at radius 2 is 2.00 bits per heavy atom. The van der Waals surface area contributed by atoms with Gasteiger partial charge in [0.15, 0.2) is 0 Å². The van der Waals surface area contributed by atoms with Gasteiger partial charge < -0.3 is 9.47 Å². The van der Waals surface area contributed by atoms with E-state index < -0.39 is 6.16 Å². The summed E-state index contributed by atoms with van der Waals surface area (Å²) in [6, 6.07) is 9.76. The van der Waals surface area contributed by atoms with Gasteiger partial charge in [0, 0.05) is 10.8 Å². The number of hydrogen-bond donors (Lipinski definition) is 0. The van der Waals surface area contributed by atoms with Crippen molar-refractivity contribution in [1.82, 2.24) is 0 Å². The van der Waals surface area contributed by atoms with Gasteiger partial charge >= 0.3 is 6.16 Å². The zero-order chi connectivity index (χ0) is 10.7. The van der Waals surface area contributed by atoms with E-state index >= 15 is 0 Å². The Balaban J connectivity index is 2.12. The topological polar surface area (TPSA) is 35.5 Å². The molecule has 1 heterocycles. The molecule has 0 spiro atoms. The summed E-state index contributed by atoms with van der Waals surface area (Å²) in [5, 5.41) is 0. The first-order valence-corrected chi connectivity index (χ1v) is 6.30. The third-order valence-corrected chi connectivity index (χ3v) is 3.30. The Kier molecular flexibility index (Phi) is 3.45. The minimum absolute atomic E-state index is 0.0305. The van der Waals surface area contributed by atoms with Crippen molar-refractivity contribution < 1.29 is 14.3 Å². The van der Waals surface area contributed by atoms with Crippen molar-refractivity contribution in [1.29, 1.82) is 0 Å². The molecule has 80 valence electrons. The van der Waals surface area contributed by atoms with Crippen molar-refractivity contribution in [2.75, 3.05) is 4.43 Å². The summed E-state index contributed by atoms with van der Waals surface area (Å²) in [5.74, 6) is 0. The molecule has 0 aromatic heterocycles. The third kappa shape index (κ3) is 2.62. The molecule has 3 nitrogen and oxygen atoms in total. The van der Waals surface area contributed by atoms with E-state index in [1.807, 2.05) is 30.3 Å². The van der Waals surface area contributed by atoms with Crippen molar-refractivity contribution in [2.45, 2.75) is 18.6 Å². The Labute approximate surface area is 102 Å². The number of ether oxygens (including phenoxy) is 2. The molecule has 15 heavy (non-hydrogen) atoms. The molecule has 0 radical (unpaired) electrons. The van der Waals surface area contributed by atoms with Crippen LogP contribution in [0.1, 0.15) is 18.1 Å². The molecule has 1 saturated heterocycles. The largest absolute Gasteiger partial charge is 0.509 e. The number of alkyl halides is 1. The van der Waals surface area contributed by atoms with Gasteiger partial charge in [-0.1, -0.05) is 52.9 Å². The second-order valence-electron chi connectivity index (χ2n) is 3.40. The number of cyclic esters (lactones) is 2. The van der Waals surface area contributed by atoms with Crippen LogP contribution in [0.25, 0.3) is 0 Å². The maximum atomic E-state index is 11.2. The standard InChI is InChI=1S/C11H11IO3/c12-7-9-6-10(15-11(13)14-9)8-4-2-1-3-5-8/h1-5,9-10H,6-7H2/t9-,10+/m1/s1. The molecule has 0 saturated carbocycles. The highest BCUT2D eigenvalue weighted by molar-refractivity contribution is 14.1. The predicted octanol–water partition coefficient (Wildman–Crippen LogP) is 3.09. The summed E-state index contributed by atoms with van der Waals surface area (Å²) < 4.78 is 11.0. The van der Waals surface area contributed by atoms with Gasteiger partial charge in [-0.3, -0.25) is 0 Å². The molecule has 1 aromatic rings. The highest BCUT2D eigenvalue weighted by atomic mass is 127. The number of carbonyl (C=O) groups is 1. The molecule has 0 N–H and O–H groups in total. The maximum absolute atomic E-state index is 11.2. The fourth-order valence-electron chi connectivity index (χ4n) is 1.58. The minimum atomic E-state index is -0.559. The van der Waals surface area contributed by atoms with Gasteiger partial charge in [-0.25, -0.2) is 4.79 Å². The highest BCUT2D eigenvalue weighted by Gasteiger charge is 2.29. The van der Waals surface area contributed by atoms with E-state index in [9.17, 15) is 4.79 Å². The highest BCUT2D eigenvalue weighted by Crippen LogP contribution is 2.29. The van der Waals surface area contributed by atoms with Crippen LogP contribution in [0.4, 0.5) is 4.79 Å². The summed E-state index contributed by atoms with van der Waals surface area (Å²) in [7, 11) is 0. The van der Waals surface area contributed by atoms with Gasteiger partial charge in [0.05, 0.1) is 0 Å². The van der Waals surface area contributed by atoms with Crippen LogP contribution in [0.2, 0.25) is 0 Å². The average molecular weight is 318 g/mol. The fraction of sp³-hybridized carbons (Fsp3) is 0.364. The Morgan fingerprint density at radius 1 is 1.27 bits per heavy atom. The first-order chi connectivity index (χ1) is 7.29. The van der Waals surface area contributed by atoms with E-state index in [4.69, 9.17) is 9.47 Å². The zero-order valence-corrected chi connectivity index (χ0v) is 10.2. The lowest BCUT2D eigenvalue weighted by molar-refractivity contribution is -0.0527. The molecule has 1 aliphatic heterocycles. The quantitative estimate of drug-likeness (QED) is 0.477. The van der Waals surface area contributed by atoms with Crippen LogP contribution in [0.5, 0.6) is 0 Å². The first-order valence-electron chi connectivity index (χ1n) is 4.78. The maximum Gasteiger partial charge on any atom is 0.509 e. The first kappa shape index (κ1) is 10.7. The number of hydrogen-bond acceptors (Lipinski definition) is 3. The molecular formula is C11H11IO3. The minimum Gasteiger partial charge on any atom is -0.430 e. The normalized spacial score (nSPS) is 25.5. The monoisotopic (exact) mass is 318 g/mol. The SMILES string of the molecule is O=C1O[C@@H](CI)C[C@@H](c2ccccc2)O1. The van der Waals surface area contributed by atoms with Crippen molar-refractivity contribution >= 4 is 28.7 Å². The third-order valence-electron chi connectivity index (χ3n) is 2.32. The van der Waals surface area contributed by atoms with Crippen LogP contribution >= 0.6 is 22.6 Å². The molecule has 1 aliphatic rings. The summed E-state index contributed by atoms with van der Waals surface area (Å²) in [6.07, 6.45) is -0.0142. The van der Waals surface area contributed by atoms with E-state index in [0.717, 1.165) is 16.4 Å². The molecule has 0 bridgehead atoms. The van der Waals surface area contributed by atoms with Crippen LogP contribution in [0.3, 0.4) is 0 Å². The van der Waals surface area contributed by atoms with E-state index in [1.54, 1.807) is 0 Å².